The zero-order valence-corrected chi connectivity index (χ0v) is 18.2. The Morgan fingerprint density at radius 3 is 2.41 bits per heavy atom. The summed E-state index contributed by atoms with van der Waals surface area (Å²) in [6.45, 7) is 0. The van der Waals surface area contributed by atoms with Gasteiger partial charge in [0.2, 0.25) is 0 Å². The fourth-order valence-electron chi connectivity index (χ4n) is 2.58. The number of hydrogen-bond acceptors (Lipinski definition) is 6. The highest BCUT2D eigenvalue weighted by Crippen LogP contribution is 2.38. The molecular formula is C20H17BrN2O5S. The number of carbonyl (C=O) groups excluding carboxylic acids is 1. The number of carboxylic acids is 1. The van der Waals surface area contributed by atoms with Gasteiger partial charge in [-0.2, -0.15) is 0 Å². The highest BCUT2D eigenvalue weighted by Gasteiger charge is 2.30. The van der Waals surface area contributed by atoms with Gasteiger partial charge in [-0.3, -0.25) is 9.69 Å². The molecule has 1 aliphatic heterocycles. The van der Waals surface area contributed by atoms with E-state index in [1.54, 1.807) is 45.5 Å². The van der Waals surface area contributed by atoms with Gasteiger partial charge in [0.25, 0.3) is 5.91 Å². The number of amidine groups is 1. The minimum absolute atomic E-state index is 0.176. The van der Waals surface area contributed by atoms with Gasteiger partial charge < -0.3 is 14.6 Å². The molecule has 0 spiro atoms. The van der Waals surface area contributed by atoms with Crippen molar-refractivity contribution in [2.75, 3.05) is 21.3 Å². The number of aliphatic imine (C=N–C) groups is 1. The number of rotatable bonds is 5. The Morgan fingerprint density at radius 2 is 1.83 bits per heavy atom. The van der Waals surface area contributed by atoms with Gasteiger partial charge in [0.15, 0.2) is 5.17 Å². The number of likely N-dealkylation sites (N-methyl/N-ethyl adjacent to an activating group) is 1. The minimum atomic E-state index is -1.00. The molecule has 0 radical (unpaired) electrons. The zero-order valence-electron chi connectivity index (χ0n) is 15.8. The van der Waals surface area contributed by atoms with Crippen LogP contribution in [0.2, 0.25) is 0 Å². The molecule has 0 atom stereocenters. The molecule has 0 unspecified atom stereocenters. The van der Waals surface area contributed by atoms with Crippen LogP contribution in [-0.2, 0) is 4.79 Å². The Kier molecular flexibility index (Phi) is 6.29. The molecule has 7 nitrogen and oxygen atoms in total. The third-order valence-electron chi connectivity index (χ3n) is 4.13. The van der Waals surface area contributed by atoms with Crippen LogP contribution in [-0.4, -0.2) is 48.3 Å². The van der Waals surface area contributed by atoms with Crippen molar-refractivity contribution in [3.63, 3.8) is 0 Å². The molecule has 150 valence electrons. The Labute approximate surface area is 180 Å². The number of amides is 1. The third kappa shape index (κ3) is 4.46. The van der Waals surface area contributed by atoms with E-state index < -0.39 is 5.97 Å². The average Bonchev–Trinajstić information content (AvgIpc) is 2.96. The van der Waals surface area contributed by atoms with Crippen LogP contribution in [0.5, 0.6) is 11.5 Å². The van der Waals surface area contributed by atoms with Crippen molar-refractivity contribution >= 4 is 56.5 Å². The van der Waals surface area contributed by atoms with Crippen LogP contribution in [0.3, 0.4) is 0 Å². The summed E-state index contributed by atoms with van der Waals surface area (Å²) >= 11 is 4.67. The van der Waals surface area contributed by atoms with Crippen LogP contribution in [0.25, 0.3) is 6.08 Å². The van der Waals surface area contributed by atoms with E-state index in [9.17, 15) is 9.59 Å². The summed E-state index contributed by atoms with van der Waals surface area (Å²) in [5.41, 5.74) is 1.45. The van der Waals surface area contributed by atoms with E-state index in [1.165, 1.54) is 28.8 Å². The van der Waals surface area contributed by atoms with Gasteiger partial charge in [0, 0.05) is 18.7 Å². The van der Waals surface area contributed by atoms with Crippen LogP contribution in [0, 0.1) is 0 Å². The molecule has 1 fully saturated rings. The maximum Gasteiger partial charge on any atom is 0.335 e. The van der Waals surface area contributed by atoms with E-state index in [2.05, 4.69) is 20.9 Å². The maximum absolute atomic E-state index is 12.7. The van der Waals surface area contributed by atoms with E-state index in [-0.39, 0.29) is 11.5 Å². The number of aromatic carboxylic acids is 1. The minimum Gasteiger partial charge on any atom is -0.496 e. The van der Waals surface area contributed by atoms with Crippen LogP contribution < -0.4 is 9.47 Å². The standard InChI is InChI=1S/C20H17BrN2O5S/c1-23-18(24)17(9-12-8-14(21)16(28-3)10-15(12)27-2)29-20(23)22-13-6-4-11(5-7-13)19(25)26/h4-10H,1-3H3,(H,25,26)/b17-9-,22-20?. The molecule has 2 aromatic carbocycles. The number of methoxy groups -OCH3 is 2. The molecule has 1 saturated heterocycles. The molecule has 3 rings (SSSR count). The lowest BCUT2D eigenvalue weighted by atomic mass is 10.1. The van der Waals surface area contributed by atoms with Crippen molar-refractivity contribution in [1.82, 2.24) is 4.90 Å². The summed E-state index contributed by atoms with van der Waals surface area (Å²) in [7, 11) is 4.75. The summed E-state index contributed by atoms with van der Waals surface area (Å²) in [6, 6.07) is 9.70. The molecule has 29 heavy (non-hydrogen) atoms. The van der Waals surface area contributed by atoms with Crippen molar-refractivity contribution in [1.29, 1.82) is 0 Å². The summed E-state index contributed by atoms with van der Waals surface area (Å²) < 4.78 is 11.4. The molecule has 0 bridgehead atoms. The van der Waals surface area contributed by atoms with Gasteiger partial charge in [-0.25, -0.2) is 9.79 Å². The Hall–Kier alpha value is -2.78. The quantitative estimate of drug-likeness (QED) is 0.643. The van der Waals surface area contributed by atoms with Gasteiger partial charge in [0.05, 0.1) is 34.8 Å². The molecule has 0 saturated carbocycles. The lowest BCUT2D eigenvalue weighted by Crippen LogP contribution is -2.23. The molecule has 0 aliphatic carbocycles. The number of carbonyl (C=O) groups is 2. The molecule has 0 aromatic heterocycles. The van der Waals surface area contributed by atoms with E-state index in [0.717, 1.165) is 10.0 Å². The first-order valence-corrected chi connectivity index (χ1v) is 9.96. The number of halogens is 1. The second kappa shape index (κ2) is 8.71. The van der Waals surface area contributed by atoms with Crippen LogP contribution in [0.1, 0.15) is 15.9 Å². The first-order chi connectivity index (χ1) is 13.8. The molecule has 1 heterocycles. The van der Waals surface area contributed by atoms with E-state index in [0.29, 0.717) is 27.3 Å². The number of hydrogen-bond donors (Lipinski definition) is 1. The van der Waals surface area contributed by atoms with Crippen LogP contribution in [0.15, 0.2) is 50.8 Å². The summed E-state index contributed by atoms with van der Waals surface area (Å²) in [6.07, 6.45) is 1.74. The van der Waals surface area contributed by atoms with Crippen LogP contribution >= 0.6 is 27.7 Å². The van der Waals surface area contributed by atoms with Crippen LogP contribution in [0.4, 0.5) is 5.69 Å². The predicted octanol–water partition coefficient (Wildman–Crippen LogP) is 4.40. The average molecular weight is 477 g/mol. The van der Waals surface area contributed by atoms with Crippen molar-refractivity contribution in [2.45, 2.75) is 0 Å². The van der Waals surface area contributed by atoms with Gasteiger partial charge >= 0.3 is 5.97 Å². The SMILES string of the molecule is COc1cc(OC)c(/C=C2\SC(=Nc3ccc(C(=O)O)cc3)N(C)C2=O)cc1Br. The van der Waals surface area contributed by atoms with Crippen molar-refractivity contribution in [3.8, 4) is 11.5 Å². The molecule has 1 amide bonds. The second-order valence-electron chi connectivity index (χ2n) is 5.95. The monoisotopic (exact) mass is 476 g/mol. The van der Waals surface area contributed by atoms with Gasteiger partial charge in [0.1, 0.15) is 11.5 Å². The Morgan fingerprint density at radius 1 is 1.17 bits per heavy atom. The first-order valence-electron chi connectivity index (χ1n) is 8.35. The Balaban J connectivity index is 1.92. The highest BCUT2D eigenvalue weighted by molar-refractivity contribution is 9.10. The fourth-order valence-corrected chi connectivity index (χ4v) is 4.08. The van der Waals surface area contributed by atoms with Crippen molar-refractivity contribution in [2.24, 2.45) is 4.99 Å². The summed E-state index contributed by atoms with van der Waals surface area (Å²) in [5.74, 6) is 0.00305. The molecule has 2 aromatic rings. The van der Waals surface area contributed by atoms with Gasteiger partial charge in [-0.05, 0) is 64.1 Å². The van der Waals surface area contributed by atoms with E-state index in [4.69, 9.17) is 14.6 Å². The predicted molar refractivity (Wildman–Crippen MR) is 116 cm³/mol. The Bertz CT molecular complexity index is 1030. The lowest BCUT2D eigenvalue weighted by molar-refractivity contribution is -0.121. The number of carboxylic acid groups (broad SMARTS) is 1. The van der Waals surface area contributed by atoms with E-state index in [1.807, 2.05) is 6.07 Å². The largest absolute Gasteiger partial charge is 0.496 e. The summed E-state index contributed by atoms with van der Waals surface area (Å²) in [5, 5.41) is 9.48. The smallest absolute Gasteiger partial charge is 0.335 e. The van der Waals surface area contributed by atoms with E-state index >= 15 is 0 Å². The number of ether oxygens (including phenoxy) is 2. The first kappa shape index (κ1) is 20.9. The molecule has 1 N–H and O–H groups in total. The maximum atomic E-state index is 12.7. The number of benzene rings is 2. The van der Waals surface area contributed by atoms with Crippen molar-refractivity contribution < 1.29 is 24.2 Å². The lowest BCUT2D eigenvalue weighted by Gasteiger charge is -2.10. The topological polar surface area (TPSA) is 88.4 Å². The zero-order chi connectivity index (χ0) is 21.1. The molecule has 1 aliphatic rings. The fraction of sp³-hybridized carbons (Fsp3) is 0.150. The molecule has 9 heteroatoms. The third-order valence-corrected chi connectivity index (χ3v) is 5.81. The van der Waals surface area contributed by atoms with Crippen molar-refractivity contribution in [3.05, 3.63) is 56.9 Å². The highest BCUT2D eigenvalue weighted by atomic mass is 79.9. The number of nitrogens with zero attached hydrogens (tertiary/aromatic N) is 2. The normalized spacial score (nSPS) is 16.6. The second-order valence-corrected chi connectivity index (χ2v) is 7.81. The molecular weight excluding hydrogens is 460 g/mol. The number of thioether (sulfide) groups is 1. The van der Waals surface area contributed by atoms with Gasteiger partial charge in [-0.15, -0.1) is 0 Å². The van der Waals surface area contributed by atoms with Gasteiger partial charge in [-0.1, -0.05) is 0 Å². The summed E-state index contributed by atoms with van der Waals surface area (Å²) in [4.78, 5) is 30.0.